The van der Waals surface area contributed by atoms with Crippen LogP contribution in [0.2, 0.25) is 5.15 Å². The average molecular weight is 473 g/mol. The lowest BCUT2D eigenvalue weighted by molar-refractivity contribution is -0.120. The first kappa shape index (κ1) is 29.0. The molecule has 1 aliphatic carbocycles. The Morgan fingerprint density at radius 2 is 1.82 bits per heavy atom. The van der Waals surface area contributed by atoms with E-state index < -0.39 is 6.10 Å². The van der Waals surface area contributed by atoms with E-state index in [1.165, 1.54) is 19.3 Å². The maximum atomic E-state index is 11.0. The van der Waals surface area contributed by atoms with E-state index >= 15 is 0 Å². The minimum atomic E-state index is -0.645. The van der Waals surface area contributed by atoms with E-state index in [-0.39, 0.29) is 12.2 Å². The van der Waals surface area contributed by atoms with E-state index in [1.54, 1.807) is 6.92 Å². The van der Waals surface area contributed by atoms with Crippen LogP contribution in [0, 0.1) is 19.8 Å². The van der Waals surface area contributed by atoms with Crippen LogP contribution in [0.1, 0.15) is 95.6 Å². The molecule has 2 aromatic rings. The fourth-order valence-corrected chi connectivity index (χ4v) is 3.34. The summed E-state index contributed by atoms with van der Waals surface area (Å²) >= 11 is 5.92. The predicted octanol–water partition coefficient (Wildman–Crippen LogP) is 8.14. The molecular weight excluding hydrogens is 432 g/mol. The van der Waals surface area contributed by atoms with Crippen molar-refractivity contribution in [3.05, 3.63) is 58.4 Å². The molecule has 1 aliphatic rings. The second kappa shape index (κ2) is 15.7. The number of halogens is 1. The molecule has 1 fully saturated rings. The van der Waals surface area contributed by atoms with Crippen molar-refractivity contribution in [3.8, 4) is 0 Å². The van der Waals surface area contributed by atoms with E-state index in [1.807, 2.05) is 57.2 Å². The lowest BCUT2D eigenvalue weighted by atomic mass is 9.88. The van der Waals surface area contributed by atoms with Crippen molar-refractivity contribution in [1.82, 2.24) is 4.98 Å². The fourth-order valence-electron chi connectivity index (χ4n) is 3.16. The highest BCUT2D eigenvalue weighted by atomic mass is 35.5. The van der Waals surface area contributed by atoms with Gasteiger partial charge in [0.2, 0.25) is 0 Å². The number of aliphatic hydroxyl groups is 1. The number of hydrogen-bond donors (Lipinski definition) is 1. The Morgan fingerprint density at radius 1 is 1.21 bits per heavy atom. The SMILES string of the molecule is CC1CCC1.CCC(=O)CC(O)c1ccccc1.CCCC(C)=Nc1cc(C)c(Cl)nc1C. The minimum Gasteiger partial charge on any atom is -0.388 e. The molecule has 1 N–H and O–H groups in total. The van der Waals surface area contributed by atoms with Gasteiger partial charge in [0.25, 0.3) is 0 Å². The van der Waals surface area contributed by atoms with Gasteiger partial charge < -0.3 is 5.11 Å². The number of carbonyl (C=O) groups is 1. The first-order valence-electron chi connectivity index (χ1n) is 12.1. The highest BCUT2D eigenvalue weighted by Crippen LogP contribution is 2.24. The maximum absolute atomic E-state index is 11.0. The summed E-state index contributed by atoms with van der Waals surface area (Å²) in [6.07, 6.45) is 6.68. The molecule has 3 rings (SSSR count). The number of hydrogen-bond acceptors (Lipinski definition) is 4. The Balaban J connectivity index is 0.000000274. The van der Waals surface area contributed by atoms with Crippen LogP contribution in [0.15, 0.2) is 41.4 Å². The maximum Gasteiger partial charge on any atom is 0.135 e. The van der Waals surface area contributed by atoms with E-state index in [0.717, 1.165) is 47.0 Å². The number of aryl methyl sites for hydroxylation is 2. The summed E-state index contributed by atoms with van der Waals surface area (Å²) in [6, 6.07) is 11.2. The summed E-state index contributed by atoms with van der Waals surface area (Å²) in [4.78, 5) is 19.8. The molecule has 1 heterocycles. The van der Waals surface area contributed by atoms with Gasteiger partial charge in [-0.15, -0.1) is 0 Å². The second-order valence-electron chi connectivity index (χ2n) is 8.86. The first-order valence-corrected chi connectivity index (χ1v) is 12.5. The topological polar surface area (TPSA) is 62.5 Å². The molecule has 1 aromatic carbocycles. The van der Waals surface area contributed by atoms with Gasteiger partial charge in [-0.05, 0) is 50.3 Å². The van der Waals surface area contributed by atoms with Gasteiger partial charge in [0, 0.05) is 18.6 Å². The number of rotatable bonds is 7. The minimum absolute atomic E-state index is 0.0938. The summed E-state index contributed by atoms with van der Waals surface area (Å²) in [5.41, 5.74) is 4.75. The van der Waals surface area contributed by atoms with Gasteiger partial charge in [0.05, 0.1) is 17.5 Å². The highest BCUT2D eigenvalue weighted by molar-refractivity contribution is 6.30. The number of ketones is 1. The summed E-state index contributed by atoms with van der Waals surface area (Å²) in [7, 11) is 0. The van der Waals surface area contributed by atoms with Crippen LogP contribution >= 0.6 is 11.6 Å². The number of benzene rings is 1. The van der Waals surface area contributed by atoms with Crippen LogP contribution in [0.4, 0.5) is 5.69 Å². The summed E-state index contributed by atoms with van der Waals surface area (Å²) in [5.74, 6) is 1.16. The average Bonchev–Trinajstić information content (AvgIpc) is 2.77. The normalized spacial score (nSPS) is 14.2. The van der Waals surface area contributed by atoms with Gasteiger partial charge in [-0.1, -0.05) is 88.4 Å². The van der Waals surface area contributed by atoms with Gasteiger partial charge in [0.15, 0.2) is 0 Å². The van der Waals surface area contributed by atoms with Crippen LogP contribution in [0.3, 0.4) is 0 Å². The molecule has 1 aromatic heterocycles. The summed E-state index contributed by atoms with van der Waals surface area (Å²) in [6.45, 7) is 12.2. The van der Waals surface area contributed by atoms with E-state index in [2.05, 4.69) is 23.8 Å². The Kier molecular flexibility index (Phi) is 13.8. The van der Waals surface area contributed by atoms with Gasteiger partial charge >= 0.3 is 0 Å². The molecule has 33 heavy (non-hydrogen) atoms. The molecular formula is C28H41ClN2O2. The predicted molar refractivity (Wildman–Crippen MR) is 141 cm³/mol. The van der Waals surface area contributed by atoms with E-state index in [4.69, 9.17) is 11.6 Å². The molecule has 0 bridgehead atoms. The Morgan fingerprint density at radius 3 is 2.30 bits per heavy atom. The lowest BCUT2D eigenvalue weighted by Crippen LogP contribution is -2.04. The van der Waals surface area contributed by atoms with Crippen molar-refractivity contribution in [2.45, 2.75) is 92.6 Å². The quantitative estimate of drug-likeness (QED) is 0.326. The number of aromatic nitrogens is 1. The van der Waals surface area contributed by atoms with Crippen LogP contribution in [0.25, 0.3) is 0 Å². The molecule has 0 amide bonds. The molecule has 182 valence electrons. The number of Topliss-reactive ketones (excluding diaryl/α,β-unsaturated/α-hetero) is 1. The largest absolute Gasteiger partial charge is 0.388 e. The van der Waals surface area contributed by atoms with Gasteiger partial charge in [-0.25, -0.2) is 4.98 Å². The Bertz CT molecular complexity index is 877. The number of pyridine rings is 1. The number of aliphatic imine (C=N–C) groups is 1. The smallest absolute Gasteiger partial charge is 0.135 e. The third-order valence-corrected chi connectivity index (χ3v) is 6.01. The zero-order valence-corrected chi connectivity index (χ0v) is 22.0. The van der Waals surface area contributed by atoms with Crippen molar-refractivity contribution < 1.29 is 9.90 Å². The number of nitrogens with zero attached hydrogens (tertiary/aromatic N) is 2. The molecule has 1 unspecified atom stereocenters. The second-order valence-corrected chi connectivity index (χ2v) is 9.21. The van der Waals surface area contributed by atoms with Crippen LogP contribution < -0.4 is 0 Å². The standard InChI is InChI=1S/C12H17ClN2.C11H14O2.C5H10/c1-5-6-9(3)14-11-7-8(2)12(13)15-10(11)4;1-2-10(12)8-11(13)9-6-4-3-5-7-9;1-5-3-2-4-5/h7H,5-6H2,1-4H3;3-7,11,13H,2,8H2,1H3;5H,2-4H2,1H3. The first-order chi connectivity index (χ1) is 15.7. The Labute approximate surface area is 205 Å². The summed E-state index contributed by atoms with van der Waals surface area (Å²) < 4.78 is 0. The van der Waals surface area contributed by atoms with Crippen molar-refractivity contribution >= 4 is 28.8 Å². The highest BCUT2D eigenvalue weighted by Gasteiger charge is 2.10. The molecule has 1 saturated carbocycles. The van der Waals surface area contributed by atoms with E-state index in [0.29, 0.717) is 11.6 Å². The molecule has 0 aliphatic heterocycles. The molecule has 4 nitrogen and oxygen atoms in total. The lowest BCUT2D eigenvalue weighted by Gasteiger charge is -2.18. The zero-order chi connectivity index (χ0) is 24.8. The molecule has 0 saturated heterocycles. The van der Waals surface area contributed by atoms with Crippen molar-refractivity contribution in [1.29, 1.82) is 0 Å². The third kappa shape index (κ3) is 11.6. The van der Waals surface area contributed by atoms with Crippen molar-refractivity contribution in [2.75, 3.05) is 0 Å². The molecule has 0 spiro atoms. The van der Waals surface area contributed by atoms with Crippen LogP contribution in [0.5, 0.6) is 0 Å². The van der Waals surface area contributed by atoms with Gasteiger partial charge in [-0.3, -0.25) is 9.79 Å². The Hall–Kier alpha value is -2.04. The van der Waals surface area contributed by atoms with Crippen molar-refractivity contribution in [2.24, 2.45) is 10.9 Å². The number of carbonyl (C=O) groups excluding carboxylic acids is 1. The third-order valence-electron chi connectivity index (χ3n) is 5.63. The van der Waals surface area contributed by atoms with E-state index in [9.17, 15) is 9.90 Å². The monoisotopic (exact) mass is 472 g/mol. The summed E-state index contributed by atoms with van der Waals surface area (Å²) in [5, 5.41) is 10.2. The molecule has 1 atom stereocenters. The zero-order valence-electron chi connectivity index (χ0n) is 21.2. The fraction of sp³-hybridized carbons (Fsp3) is 0.536. The van der Waals surface area contributed by atoms with Crippen LogP contribution in [-0.4, -0.2) is 21.6 Å². The molecule has 0 radical (unpaired) electrons. The van der Waals surface area contributed by atoms with Gasteiger partial charge in [-0.2, -0.15) is 0 Å². The molecule has 5 heteroatoms. The van der Waals surface area contributed by atoms with Gasteiger partial charge in [0.1, 0.15) is 10.9 Å². The van der Waals surface area contributed by atoms with Crippen molar-refractivity contribution in [3.63, 3.8) is 0 Å². The van der Waals surface area contributed by atoms with Crippen LogP contribution in [-0.2, 0) is 4.79 Å². The number of aliphatic hydroxyl groups excluding tert-OH is 1.